The summed E-state index contributed by atoms with van der Waals surface area (Å²) in [5.74, 6) is 5.26. The highest BCUT2D eigenvalue weighted by Crippen LogP contribution is 2.26. The van der Waals surface area contributed by atoms with Crippen molar-refractivity contribution in [3.8, 4) is 17.1 Å². The maximum atomic E-state index is 10.8. The monoisotopic (exact) mass is 264 g/mol. The number of hydrogen-bond donors (Lipinski definition) is 0. The van der Waals surface area contributed by atoms with Gasteiger partial charge in [-0.15, -0.1) is 10.7 Å². The second-order valence-corrected chi connectivity index (χ2v) is 4.56. The summed E-state index contributed by atoms with van der Waals surface area (Å²) < 4.78 is 21.4. The van der Waals surface area contributed by atoms with E-state index in [1.165, 1.54) is 0 Å². The Labute approximate surface area is 108 Å². The van der Waals surface area contributed by atoms with E-state index in [-0.39, 0.29) is 0 Å². The van der Waals surface area contributed by atoms with E-state index in [1.54, 1.807) is 12.1 Å². The summed E-state index contributed by atoms with van der Waals surface area (Å²) in [5, 5.41) is 0. The highest BCUT2D eigenvalue weighted by atomic mass is 32.2. The van der Waals surface area contributed by atoms with Crippen LogP contribution in [-0.4, -0.2) is 10.9 Å². The van der Waals surface area contributed by atoms with Crippen LogP contribution >= 0.6 is 0 Å². The third-order valence-electron chi connectivity index (χ3n) is 2.45. The minimum atomic E-state index is -1.56. The van der Waals surface area contributed by atoms with Crippen molar-refractivity contribution in [2.45, 2.75) is 20.3 Å². The second-order valence-electron chi connectivity index (χ2n) is 3.79. The summed E-state index contributed by atoms with van der Waals surface area (Å²) in [6.45, 7) is 3.91. The molecule has 0 aliphatic heterocycles. The summed E-state index contributed by atoms with van der Waals surface area (Å²) in [7, 11) is -1.56. The minimum absolute atomic E-state index is 0.514. The molecule has 0 aliphatic rings. The molecule has 4 nitrogen and oxygen atoms in total. The molecule has 0 saturated heterocycles. The van der Waals surface area contributed by atoms with Crippen molar-refractivity contribution in [1.29, 1.82) is 0 Å². The fourth-order valence-corrected chi connectivity index (χ4v) is 1.97. The third kappa shape index (κ3) is 2.73. The van der Waals surface area contributed by atoms with Crippen molar-refractivity contribution in [2.24, 2.45) is 0 Å². The van der Waals surface area contributed by atoms with Gasteiger partial charge in [-0.25, -0.2) is 4.98 Å². The Bertz CT molecular complexity index is 604. The lowest BCUT2D eigenvalue weighted by Crippen LogP contribution is -1.88. The SMILES string of the molecule is C=[S-](=O)Oc1ccc(-c2oc(CC)nc2C)cc1. The van der Waals surface area contributed by atoms with E-state index in [2.05, 4.69) is 10.9 Å². The first kappa shape index (κ1) is 12.7. The number of aromatic nitrogens is 1. The summed E-state index contributed by atoms with van der Waals surface area (Å²) >= 11 is 0. The number of rotatable bonds is 4. The van der Waals surface area contributed by atoms with Gasteiger partial charge in [0.1, 0.15) is 0 Å². The zero-order valence-corrected chi connectivity index (χ0v) is 11.1. The second kappa shape index (κ2) is 5.27. The van der Waals surface area contributed by atoms with Gasteiger partial charge in [-0.1, -0.05) is 6.92 Å². The van der Waals surface area contributed by atoms with E-state index < -0.39 is 10.7 Å². The van der Waals surface area contributed by atoms with E-state index >= 15 is 0 Å². The molecule has 18 heavy (non-hydrogen) atoms. The smallest absolute Gasteiger partial charge is 0.194 e. The Morgan fingerprint density at radius 2 is 2.06 bits per heavy atom. The van der Waals surface area contributed by atoms with Crippen molar-refractivity contribution >= 4 is 16.5 Å². The maximum absolute atomic E-state index is 10.8. The molecule has 0 spiro atoms. The molecule has 0 fully saturated rings. The minimum Gasteiger partial charge on any atom is -0.561 e. The van der Waals surface area contributed by atoms with Crippen LogP contribution in [0, 0.1) is 6.92 Å². The molecule has 0 saturated carbocycles. The number of hydrogen-bond acceptors (Lipinski definition) is 5. The number of aryl methyl sites for hydroxylation is 2. The van der Waals surface area contributed by atoms with E-state index in [0.29, 0.717) is 5.75 Å². The van der Waals surface area contributed by atoms with Crippen molar-refractivity contribution in [1.82, 2.24) is 4.98 Å². The van der Waals surface area contributed by atoms with E-state index in [1.807, 2.05) is 26.0 Å². The molecule has 0 atom stereocenters. The molecule has 0 aliphatic carbocycles. The van der Waals surface area contributed by atoms with Crippen LogP contribution in [0.25, 0.3) is 11.3 Å². The Hall–Kier alpha value is -1.75. The average molecular weight is 264 g/mol. The molecule has 0 amide bonds. The molecular weight excluding hydrogens is 250 g/mol. The van der Waals surface area contributed by atoms with Gasteiger partial charge >= 0.3 is 0 Å². The third-order valence-corrected chi connectivity index (χ3v) is 2.83. The van der Waals surface area contributed by atoms with E-state index in [4.69, 9.17) is 8.60 Å². The van der Waals surface area contributed by atoms with Gasteiger partial charge < -0.3 is 12.8 Å². The predicted molar refractivity (Wildman–Crippen MR) is 71.9 cm³/mol. The van der Waals surface area contributed by atoms with Gasteiger partial charge in [-0.3, -0.25) is 0 Å². The van der Waals surface area contributed by atoms with E-state index in [0.717, 1.165) is 29.3 Å². The Morgan fingerprint density at radius 3 is 2.56 bits per heavy atom. The highest BCUT2D eigenvalue weighted by molar-refractivity contribution is 7.77. The molecule has 0 bridgehead atoms. The van der Waals surface area contributed by atoms with Crippen molar-refractivity contribution in [2.75, 3.05) is 0 Å². The Kier molecular flexibility index (Phi) is 3.72. The van der Waals surface area contributed by atoms with Crippen LogP contribution in [0.4, 0.5) is 0 Å². The van der Waals surface area contributed by atoms with Gasteiger partial charge in [0.05, 0.1) is 11.4 Å². The van der Waals surface area contributed by atoms with Crippen LogP contribution in [0.15, 0.2) is 28.7 Å². The first-order valence-electron chi connectivity index (χ1n) is 5.56. The van der Waals surface area contributed by atoms with Crippen molar-refractivity contribution in [3.63, 3.8) is 0 Å². The molecule has 5 heteroatoms. The van der Waals surface area contributed by atoms with Crippen LogP contribution in [-0.2, 0) is 21.3 Å². The molecular formula is C13H14NO3S-. The Morgan fingerprint density at radius 1 is 1.39 bits per heavy atom. The summed E-state index contributed by atoms with van der Waals surface area (Å²) in [6.07, 6.45) is 0.766. The first-order chi connectivity index (χ1) is 8.60. The van der Waals surface area contributed by atoms with E-state index in [9.17, 15) is 4.21 Å². The zero-order chi connectivity index (χ0) is 13.1. The average Bonchev–Trinajstić information content (AvgIpc) is 2.71. The standard InChI is InChI=1S/C13H14NO3S/c1-4-12-14-9(2)13(16-12)10-5-7-11(8-6-10)17-18(3)15/h5-8H,3-4H2,1-2H3/q-1. The molecule has 1 aromatic heterocycles. The largest absolute Gasteiger partial charge is 0.561 e. The lowest BCUT2D eigenvalue weighted by molar-refractivity contribution is 0.513. The summed E-state index contributed by atoms with van der Waals surface area (Å²) in [6, 6.07) is 7.14. The molecule has 1 heterocycles. The van der Waals surface area contributed by atoms with Crippen LogP contribution in [0.2, 0.25) is 0 Å². The Balaban J connectivity index is 2.30. The van der Waals surface area contributed by atoms with Gasteiger partial charge in [-0.2, -0.15) is 5.87 Å². The summed E-state index contributed by atoms with van der Waals surface area (Å²) in [5.41, 5.74) is 1.78. The van der Waals surface area contributed by atoms with Gasteiger partial charge in [0.25, 0.3) is 0 Å². The van der Waals surface area contributed by atoms with Crippen molar-refractivity contribution < 1.29 is 12.8 Å². The van der Waals surface area contributed by atoms with Gasteiger partial charge in [0.2, 0.25) is 0 Å². The molecule has 96 valence electrons. The van der Waals surface area contributed by atoms with Crippen LogP contribution in [0.5, 0.6) is 5.75 Å². The normalized spacial score (nSPS) is 10.8. The molecule has 2 rings (SSSR count). The van der Waals surface area contributed by atoms with Gasteiger partial charge in [0.15, 0.2) is 11.7 Å². The molecule has 0 N–H and O–H groups in total. The molecule has 0 unspecified atom stereocenters. The summed E-state index contributed by atoms with van der Waals surface area (Å²) in [4.78, 5) is 4.32. The first-order valence-corrected chi connectivity index (χ1v) is 6.81. The van der Waals surface area contributed by atoms with Crippen LogP contribution < -0.4 is 4.18 Å². The maximum Gasteiger partial charge on any atom is 0.194 e. The lowest BCUT2D eigenvalue weighted by atomic mass is 10.1. The molecule has 2 aromatic rings. The van der Waals surface area contributed by atoms with Crippen LogP contribution in [0.3, 0.4) is 0 Å². The van der Waals surface area contributed by atoms with Gasteiger partial charge in [-0.05, 0) is 31.2 Å². The fraction of sp³-hybridized carbons (Fsp3) is 0.231. The van der Waals surface area contributed by atoms with Crippen LogP contribution in [0.1, 0.15) is 18.5 Å². The quantitative estimate of drug-likeness (QED) is 0.629. The number of oxazole rings is 1. The predicted octanol–water partition coefficient (Wildman–Crippen LogP) is 2.90. The number of benzene rings is 1. The van der Waals surface area contributed by atoms with Gasteiger partial charge in [0, 0.05) is 12.0 Å². The number of nitrogens with zero attached hydrogens (tertiary/aromatic N) is 1. The zero-order valence-electron chi connectivity index (χ0n) is 10.3. The lowest BCUT2D eigenvalue weighted by Gasteiger charge is -2.08. The van der Waals surface area contributed by atoms with Crippen molar-refractivity contribution in [3.05, 3.63) is 35.9 Å². The molecule has 0 radical (unpaired) electrons. The molecule has 1 aromatic carbocycles. The highest BCUT2D eigenvalue weighted by Gasteiger charge is 2.10. The topological polar surface area (TPSA) is 52.3 Å². The fourth-order valence-electron chi connectivity index (χ4n) is 1.64.